The molecule has 6 heteroatoms. The summed E-state index contributed by atoms with van der Waals surface area (Å²) in [5, 5.41) is 3.20. The number of hydrogen-bond donors (Lipinski definition) is 2. The first-order valence-electron chi connectivity index (χ1n) is 11.1. The van der Waals surface area contributed by atoms with Crippen molar-refractivity contribution >= 4 is 17.5 Å². The highest BCUT2D eigenvalue weighted by atomic mass is 16.2. The molecule has 3 rings (SSSR count). The van der Waals surface area contributed by atoms with Crippen LogP contribution in [0, 0.1) is 6.92 Å². The molecule has 6 nitrogen and oxygen atoms in total. The molecule has 0 aromatic heterocycles. The number of benzene rings is 2. The number of nitrogens with zero attached hydrogens (tertiary/aromatic N) is 2. The Kier molecular flexibility index (Phi) is 7.69. The average molecular weight is 423 g/mol. The van der Waals surface area contributed by atoms with E-state index in [1.165, 1.54) is 5.56 Å². The second-order valence-corrected chi connectivity index (χ2v) is 8.46. The highest BCUT2D eigenvalue weighted by molar-refractivity contribution is 6.01. The number of rotatable bonds is 10. The summed E-state index contributed by atoms with van der Waals surface area (Å²) in [4.78, 5) is 28.6. The van der Waals surface area contributed by atoms with Crippen LogP contribution in [0.25, 0.3) is 0 Å². The number of carbonyl (C=O) groups excluding carboxylic acids is 2. The van der Waals surface area contributed by atoms with E-state index in [0.29, 0.717) is 13.1 Å². The van der Waals surface area contributed by atoms with Gasteiger partial charge in [-0.15, -0.1) is 0 Å². The van der Waals surface area contributed by atoms with Gasteiger partial charge in [0.15, 0.2) is 0 Å². The van der Waals surface area contributed by atoms with Gasteiger partial charge < -0.3 is 20.9 Å². The lowest BCUT2D eigenvalue weighted by atomic mass is 10.0. The molecule has 0 bridgehead atoms. The molecule has 3 N–H and O–H groups in total. The van der Waals surface area contributed by atoms with E-state index in [1.807, 2.05) is 37.1 Å². The maximum atomic E-state index is 12.9. The van der Waals surface area contributed by atoms with Crippen LogP contribution in [-0.4, -0.2) is 49.6 Å². The minimum atomic E-state index is -0.334. The number of primary amides is 1. The smallest absolute Gasteiger partial charge is 0.257 e. The van der Waals surface area contributed by atoms with Crippen LogP contribution in [0.15, 0.2) is 42.5 Å². The molecule has 0 saturated heterocycles. The second kappa shape index (κ2) is 10.4. The van der Waals surface area contributed by atoms with Crippen molar-refractivity contribution in [3.63, 3.8) is 0 Å². The Morgan fingerprint density at radius 3 is 2.55 bits per heavy atom. The van der Waals surface area contributed by atoms with Gasteiger partial charge in [0.05, 0.1) is 24.0 Å². The van der Waals surface area contributed by atoms with Gasteiger partial charge in [-0.3, -0.25) is 9.59 Å². The summed E-state index contributed by atoms with van der Waals surface area (Å²) in [7, 11) is 2.03. The molecule has 0 spiro atoms. The molecule has 1 heterocycles. The van der Waals surface area contributed by atoms with Crippen LogP contribution in [0.1, 0.15) is 46.8 Å². The van der Waals surface area contributed by atoms with E-state index in [9.17, 15) is 9.59 Å². The zero-order chi connectivity index (χ0) is 22.4. The van der Waals surface area contributed by atoms with Crippen molar-refractivity contribution in [2.75, 3.05) is 31.7 Å². The van der Waals surface area contributed by atoms with E-state index in [4.69, 9.17) is 5.73 Å². The summed E-state index contributed by atoms with van der Waals surface area (Å²) in [6, 6.07) is 14.1. The summed E-state index contributed by atoms with van der Waals surface area (Å²) in [6.45, 7) is 6.20. The third kappa shape index (κ3) is 5.85. The molecule has 0 saturated carbocycles. The van der Waals surface area contributed by atoms with Gasteiger partial charge in [-0.1, -0.05) is 42.8 Å². The maximum absolute atomic E-state index is 12.9. The third-order valence-electron chi connectivity index (χ3n) is 5.80. The average Bonchev–Trinajstić information content (AvgIpc) is 2.75. The SMILES string of the molecule is CCCNC(Cc1ccc(CCCN2CN(C)c3ccc(C)cc3C2=O)cc1)C(N)=O. The van der Waals surface area contributed by atoms with Crippen molar-refractivity contribution in [3.05, 3.63) is 64.7 Å². The lowest BCUT2D eigenvalue weighted by Crippen LogP contribution is -2.45. The summed E-state index contributed by atoms with van der Waals surface area (Å²) in [6.07, 6.45) is 3.37. The number of carbonyl (C=O) groups is 2. The van der Waals surface area contributed by atoms with Gasteiger partial charge in [0, 0.05) is 13.6 Å². The highest BCUT2D eigenvalue weighted by Crippen LogP contribution is 2.27. The van der Waals surface area contributed by atoms with Crippen LogP contribution in [0.4, 0.5) is 5.69 Å². The Balaban J connectivity index is 1.53. The van der Waals surface area contributed by atoms with Gasteiger partial charge >= 0.3 is 0 Å². The highest BCUT2D eigenvalue weighted by Gasteiger charge is 2.26. The van der Waals surface area contributed by atoms with Crippen LogP contribution in [0.5, 0.6) is 0 Å². The molecule has 2 amide bonds. The van der Waals surface area contributed by atoms with Gasteiger partial charge in [-0.25, -0.2) is 0 Å². The molecule has 166 valence electrons. The Bertz CT molecular complexity index is 910. The van der Waals surface area contributed by atoms with Crippen molar-refractivity contribution < 1.29 is 9.59 Å². The van der Waals surface area contributed by atoms with Gasteiger partial charge in [0.1, 0.15) is 0 Å². The van der Waals surface area contributed by atoms with Crippen LogP contribution in [0.3, 0.4) is 0 Å². The summed E-state index contributed by atoms with van der Waals surface area (Å²) in [5.74, 6) is -0.199. The number of nitrogens with two attached hydrogens (primary N) is 1. The Morgan fingerprint density at radius 1 is 1.16 bits per heavy atom. The van der Waals surface area contributed by atoms with E-state index >= 15 is 0 Å². The first kappa shape index (κ1) is 22.8. The largest absolute Gasteiger partial charge is 0.368 e. The van der Waals surface area contributed by atoms with Crippen molar-refractivity contribution in [1.82, 2.24) is 10.2 Å². The van der Waals surface area contributed by atoms with Crippen molar-refractivity contribution in [3.8, 4) is 0 Å². The first-order valence-corrected chi connectivity index (χ1v) is 11.1. The van der Waals surface area contributed by atoms with E-state index in [2.05, 4.69) is 41.4 Å². The van der Waals surface area contributed by atoms with E-state index < -0.39 is 0 Å². The van der Waals surface area contributed by atoms with Gasteiger partial charge in [0.2, 0.25) is 5.91 Å². The molecule has 0 aliphatic carbocycles. The lowest BCUT2D eigenvalue weighted by molar-refractivity contribution is -0.120. The van der Waals surface area contributed by atoms with Crippen LogP contribution in [-0.2, 0) is 17.6 Å². The van der Waals surface area contributed by atoms with Gasteiger partial charge in [0.25, 0.3) is 5.91 Å². The zero-order valence-corrected chi connectivity index (χ0v) is 18.9. The van der Waals surface area contributed by atoms with Crippen LogP contribution in [0.2, 0.25) is 0 Å². The number of anilines is 1. The molecule has 1 unspecified atom stereocenters. The minimum absolute atomic E-state index is 0.115. The topological polar surface area (TPSA) is 78.7 Å². The van der Waals surface area contributed by atoms with E-state index in [1.54, 1.807) is 0 Å². The fourth-order valence-corrected chi connectivity index (χ4v) is 4.04. The van der Waals surface area contributed by atoms with Crippen molar-refractivity contribution in [2.45, 2.75) is 45.6 Å². The summed E-state index contributed by atoms with van der Waals surface area (Å²) < 4.78 is 0. The van der Waals surface area contributed by atoms with Crippen LogP contribution >= 0.6 is 0 Å². The molecule has 1 atom stereocenters. The van der Waals surface area contributed by atoms with Crippen molar-refractivity contribution in [1.29, 1.82) is 0 Å². The maximum Gasteiger partial charge on any atom is 0.257 e. The molecule has 2 aromatic rings. The lowest BCUT2D eigenvalue weighted by Gasteiger charge is -2.36. The van der Waals surface area contributed by atoms with Gasteiger partial charge in [-0.05, 0) is 62.4 Å². The van der Waals surface area contributed by atoms with Gasteiger partial charge in [-0.2, -0.15) is 0 Å². The molecule has 0 radical (unpaired) electrons. The molecular weight excluding hydrogens is 388 g/mol. The molecular formula is C25H34N4O2. The van der Waals surface area contributed by atoms with Crippen molar-refractivity contribution in [2.24, 2.45) is 5.73 Å². The minimum Gasteiger partial charge on any atom is -0.368 e. The van der Waals surface area contributed by atoms with E-state index in [-0.39, 0.29) is 17.9 Å². The predicted octanol–water partition coefficient (Wildman–Crippen LogP) is 2.87. The molecule has 1 aliphatic rings. The number of hydrogen-bond acceptors (Lipinski definition) is 4. The Labute approximate surface area is 185 Å². The normalized spacial score (nSPS) is 14.5. The summed E-state index contributed by atoms with van der Waals surface area (Å²) in [5.41, 5.74) is 10.7. The Morgan fingerprint density at radius 2 is 1.87 bits per heavy atom. The zero-order valence-electron chi connectivity index (χ0n) is 18.9. The fraction of sp³-hybridized carbons (Fsp3) is 0.440. The van der Waals surface area contributed by atoms with E-state index in [0.717, 1.165) is 54.7 Å². The first-order chi connectivity index (χ1) is 14.9. The molecule has 31 heavy (non-hydrogen) atoms. The standard InChI is InChI=1S/C25H34N4O2/c1-4-13-27-22(24(26)30)16-20-10-8-19(9-11-20)6-5-14-29-17-28(3)23-12-7-18(2)15-21(23)25(29)31/h7-12,15,22,27H,4-6,13-14,16-17H2,1-3H3,(H2,26,30). The number of amides is 2. The Hall–Kier alpha value is -2.86. The predicted molar refractivity (Wildman–Crippen MR) is 125 cm³/mol. The molecule has 0 fully saturated rings. The quantitative estimate of drug-likeness (QED) is 0.617. The second-order valence-electron chi connectivity index (χ2n) is 8.46. The summed E-state index contributed by atoms with van der Waals surface area (Å²) >= 11 is 0. The number of aryl methyl sites for hydroxylation is 2. The fourth-order valence-electron chi connectivity index (χ4n) is 4.04. The third-order valence-corrected chi connectivity index (χ3v) is 5.80. The number of nitrogens with one attached hydrogen (secondary N) is 1. The van der Waals surface area contributed by atoms with Crippen LogP contribution < -0.4 is 16.0 Å². The monoisotopic (exact) mass is 422 g/mol. The number of fused-ring (bicyclic) bond motifs is 1. The molecule has 1 aliphatic heterocycles. The molecule has 2 aromatic carbocycles.